The Morgan fingerprint density at radius 3 is 2.79 bits per heavy atom. The van der Waals surface area contributed by atoms with Crippen LogP contribution in [-0.2, 0) is 7.05 Å². The van der Waals surface area contributed by atoms with Gasteiger partial charge in [0.1, 0.15) is 11.3 Å². The highest BCUT2D eigenvalue weighted by atomic mass is 32.2. The van der Waals surface area contributed by atoms with E-state index in [0.717, 1.165) is 16.1 Å². The van der Waals surface area contributed by atoms with Crippen LogP contribution in [0.15, 0.2) is 63.2 Å². The Labute approximate surface area is 170 Å². The first-order valence-corrected chi connectivity index (χ1v) is 9.87. The maximum absolute atomic E-state index is 12.6. The molecule has 2 heterocycles. The van der Waals surface area contributed by atoms with Gasteiger partial charge in [0, 0.05) is 23.6 Å². The molecule has 1 atom stereocenters. The predicted octanol–water partition coefficient (Wildman–Crippen LogP) is 4.21. The number of fused-ring (bicyclic) bond motifs is 1. The molecule has 0 bridgehead atoms. The molecule has 142 valence electrons. The van der Waals surface area contributed by atoms with Gasteiger partial charge in [0.05, 0.1) is 11.4 Å². The van der Waals surface area contributed by atoms with E-state index in [-0.39, 0.29) is 27.2 Å². The molecule has 0 saturated carbocycles. The van der Waals surface area contributed by atoms with Crippen LogP contribution < -0.4 is 5.56 Å². The van der Waals surface area contributed by atoms with Crippen LogP contribution in [0.25, 0.3) is 0 Å². The van der Waals surface area contributed by atoms with E-state index in [4.69, 9.17) is 17.2 Å². The molecule has 0 spiro atoms. The highest BCUT2D eigenvalue weighted by Crippen LogP contribution is 2.46. The van der Waals surface area contributed by atoms with E-state index in [9.17, 15) is 15.0 Å². The van der Waals surface area contributed by atoms with E-state index in [1.54, 1.807) is 37.0 Å². The quantitative estimate of drug-likeness (QED) is 0.550. The van der Waals surface area contributed by atoms with Gasteiger partial charge in [-0.2, -0.15) is 0 Å². The third kappa shape index (κ3) is 3.36. The molecule has 1 aromatic heterocycles. The molecule has 1 aliphatic rings. The van der Waals surface area contributed by atoms with Crippen molar-refractivity contribution in [2.24, 2.45) is 12.0 Å². The van der Waals surface area contributed by atoms with Crippen LogP contribution in [-0.4, -0.2) is 25.5 Å². The van der Waals surface area contributed by atoms with E-state index < -0.39 is 5.56 Å². The van der Waals surface area contributed by atoms with Gasteiger partial charge in [-0.05, 0) is 42.0 Å². The van der Waals surface area contributed by atoms with Crippen molar-refractivity contribution < 1.29 is 10.2 Å². The molecule has 0 aliphatic carbocycles. The number of thioether (sulfide) groups is 1. The maximum atomic E-state index is 12.6. The molecule has 3 aromatic rings. The highest BCUT2D eigenvalue weighted by molar-refractivity contribution is 7.99. The summed E-state index contributed by atoms with van der Waals surface area (Å²) in [5.41, 5.74) is 1.75. The van der Waals surface area contributed by atoms with Crippen LogP contribution >= 0.6 is 24.0 Å². The fourth-order valence-corrected chi connectivity index (χ4v) is 4.55. The van der Waals surface area contributed by atoms with Gasteiger partial charge in [-0.3, -0.25) is 19.3 Å². The SMILES string of the molecule is Cn1c(O)c(C2=Nc3ccccc3SC(c3cccc(O)c3)C2)c(=O)[nH]c1=S. The Balaban J connectivity index is 1.92. The Hall–Kier alpha value is -2.84. The summed E-state index contributed by atoms with van der Waals surface area (Å²) in [6.07, 6.45) is 0.399. The van der Waals surface area contributed by atoms with E-state index in [0.29, 0.717) is 12.1 Å². The van der Waals surface area contributed by atoms with Gasteiger partial charge >= 0.3 is 0 Å². The minimum absolute atomic E-state index is 0.0956. The van der Waals surface area contributed by atoms with Crippen molar-refractivity contribution >= 4 is 35.4 Å². The number of hydrogen-bond acceptors (Lipinski definition) is 6. The van der Waals surface area contributed by atoms with Crippen LogP contribution in [0.5, 0.6) is 11.6 Å². The number of aromatic amines is 1. The lowest BCUT2D eigenvalue weighted by molar-refractivity contribution is 0.419. The standard InChI is InChI=1S/C20H17N3O3S2/c1-23-19(26)17(18(25)22-20(23)27)14-10-16(11-5-4-6-12(24)9-11)28-15-8-3-2-7-13(15)21-14/h2-9,16,24,26H,10H2,1H3,(H,22,25,27). The van der Waals surface area contributed by atoms with E-state index in [1.807, 2.05) is 30.3 Å². The minimum atomic E-state index is -0.474. The highest BCUT2D eigenvalue weighted by Gasteiger charge is 2.26. The Bertz CT molecular complexity index is 1210. The number of para-hydroxylation sites is 1. The van der Waals surface area contributed by atoms with Crippen molar-refractivity contribution in [1.82, 2.24) is 9.55 Å². The van der Waals surface area contributed by atoms with Gasteiger partial charge in [-0.1, -0.05) is 24.3 Å². The van der Waals surface area contributed by atoms with Crippen molar-refractivity contribution in [2.45, 2.75) is 16.6 Å². The second kappa shape index (κ2) is 7.29. The predicted molar refractivity (Wildman–Crippen MR) is 112 cm³/mol. The summed E-state index contributed by atoms with van der Waals surface area (Å²) < 4.78 is 1.49. The van der Waals surface area contributed by atoms with Crippen LogP contribution in [0.1, 0.15) is 22.8 Å². The summed E-state index contributed by atoms with van der Waals surface area (Å²) in [5.74, 6) is -0.0387. The summed E-state index contributed by atoms with van der Waals surface area (Å²) in [7, 11) is 1.59. The second-order valence-corrected chi connectivity index (χ2v) is 8.08. The molecule has 1 unspecified atom stereocenters. The third-order valence-corrected chi connectivity index (χ3v) is 6.29. The lowest BCUT2D eigenvalue weighted by Gasteiger charge is -2.17. The van der Waals surface area contributed by atoms with Gasteiger partial charge in [0.2, 0.25) is 5.88 Å². The van der Waals surface area contributed by atoms with Gasteiger partial charge in [-0.15, -0.1) is 11.8 Å². The largest absolute Gasteiger partial charge is 0.508 e. The van der Waals surface area contributed by atoms with Crippen molar-refractivity contribution in [3.8, 4) is 11.6 Å². The van der Waals surface area contributed by atoms with Crippen LogP contribution in [0.4, 0.5) is 5.69 Å². The zero-order valence-electron chi connectivity index (χ0n) is 14.9. The molecule has 28 heavy (non-hydrogen) atoms. The molecule has 8 heteroatoms. The lowest BCUT2D eigenvalue weighted by Crippen LogP contribution is -2.23. The Morgan fingerprint density at radius 1 is 1.21 bits per heavy atom. The maximum Gasteiger partial charge on any atom is 0.264 e. The number of phenols is 1. The van der Waals surface area contributed by atoms with Crippen molar-refractivity contribution in [2.75, 3.05) is 0 Å². The first-order chi connectivity index (χ1) is 13.4. The first kappa shape index (κ1) is 18.5. The number of rotatable bonds is 2. The lowest BCUT2D eigenvalue weighted by atomic mass is 10.0. The number of nitrogens with zero attached hydrogens (tertiary/aromatic N) is 2. The van der Waals surface area contributed by atoms with Gasteiger partial charge in [0.15, 0.2) is 4.77 Å². The molecular weight excluding hydrogens is 394 g/mol. The number of nitrogens with one attached hydrogen (secondary N) is 1. The summed E-state index contributed by atoms with van der Waals surface area (Å²) in [4.78, 5) is 20.9. The van der Waals surface area contributed by atoms with Crippen molar-refractivity contribution in [1.29, 1.82) is 0 Å². The number of H-pyrrole nitrogens is 1. The summed E-state index contributed by atoms with van der Waals surface area (Å²) in [6.45, 7) is 0. The fourth-order valence-electron chi connectivity index (χ4n) is 3.15. The Kier molecular flexibility index (Phi) is 4.82. The normalized spacial score (nSPS) is 16.2. The average Bonchev–Trinajstić information content (AvgIpc) is 2.86. The van der Waals surface area contributed by atoms with E-state index in [1.165, 1.54) is 4.57 Å². The zero-order valence-corrected chi connectivity index (χ0v) is 16.5. The minimum Gasteiger partial charge on any atom is -0.508 e. The Morgan fingerprint density at radius 2 is 2.00 bits per heavy atom. The molecule has 2 aromatic carbocycles. The first-order valence-electron chi connectivity index (χ1n) is 8.59. The third-order valence-electron chi connectivity index (χ3n) is 4.59. The van der Waals surface area contributed by atoms with Gasteiger partial charge < -0.3 is 10.2 Å². The summed E-state index contributed by atoms with van der Waals surface area (Å²) in [5, 5.41) is 20.4. The summed E-state index contributed by atoms with van der Waals surface area (Å²) >= 11 is 6.68. The molecular formula is C20H17N3O3S2. The van der Waals surface area contributed by atoms with Crippen molar-refractivity contribution in [3.63, 3.8) is 0 Å². The van der Waals surface area contributed by atoms with Gasteiger partial charge in [-0.25, -0.2) is 0 Å². The van der Waals surface area contributed by atoms with Crippen LogP contribution in [0.3, 0.4) is 0 Å². The smallest absolute Gasteiger partial charge is 0.264 e. The number of aromatic hydroxyl groups is 2. The van der Waals surface area contributed by atoms with Gasteiger partial charge in [0.25, 0.3) is 5.56 Å². The number of phenolic OH excluding ortho intramolecular Hbond substituents is 1. The van der Waals surface area contributed by atoms with Crippen molar-refractivity contribution in [3.05, 3.63) is 74.8 Å². The van der Waals surface area contributed by atoms with Crippen LogP contribution in [0.2, 0.25) is 0 Å². The van der Waals surface area contributed by atoms with E-state index in [2.05, 4.69) is 4.98 Å². The molecule has 0 fully saturated rings. The molecule has 0 radical (unpaired) electrons. The molecule has 0 saturated heterocycles. The molecule has 1 aliphatic heterocycles. The summed E-state index contributed by atoms with van der Waals surface area (Å²) in [6, 6.07) is 14.7. The number of aromatic nitrogens is 2. The molecule has 4 rings (SSSR count). The topological polar surface area (TPSA) is 90.6 Å². The number of aliphatic imine (C=N–C) groups is 1. The number of benzene rings is 2. The van der Waals surface area contributed by atoms with Crippen LogP contribution in [0, 0.1) is 4.77 Å². The molecule has 3 N–H and O–H groups in total. The van der Waals surface area contributed by atoms with E-state index >= 15 is 0 Å². The monoisotopic (exact) mass is 411 g/mol. The molecule has 6 nitrogen and oxygen atoms in total. The number of hydrogen-bond donors (Lipinski definition) is 3. The average molecular weight is 412 g/mol. The fraction of sp³-hybridized carbons (Fsp3) is 0.150. The molecule has 0 amide bonds. The second-order valence-electron chi connectivity index (χ2n) is 6.45. The zero-order chi connectivity index (χ0) is 19.8.